The molecular formula is C19H24N2O2S. The molecule has 0 fully saturated rings. The average Bonchev–Trinajstić information content (AvgIpc) is 3.28. The van der Waals surface area contributed by atoms with Crippen LogP contribution in [-0.2, 0) is 29.6 Å². The van der Waals surface area contributed by atoms with Crippen molar-refractivity contribution in [2.45, 2.75) is 57.9 Å². The van der Waals surface area contributed by atoms with Crippen LogP contribution in [0.2, 0.25) is 0 Å². The standard InChI is InChI=1S/C19H24N2O2S/c1-3-7-17-20-14(4-2)12-21(17)13-15-8-9-16(24-15)19(18(22)23)10-5-6-11-19/h5-6,8-9,12H,3-4,7,10-11,13H2,1-2H3,(H,22,23). The van der Waals surface area contributed by atoms with Gasteiger partial charge in [0, 0.05) is 22.4 Å². The summed E-state index contributed by atoms with van der Waals surface area (Å²) in [5.41, 5.74) is 0.371. The summed E-state index contributed by atoms with van der Waals surface area (Å²) < 4.78 is 2.22. The average molecular weight is 344 g/mol. The molecule has 1 aliphatic rings. The third-order valence-corrected chi connectivity index (χ3v) is 5.99. The number of carboxylic acid groups (broad SMARTS) is 1. The summed E-state index contributed by atoms with van der Waals surface area (Å²) >= 11 is 1.63. The predicted molar refractivity (Wildman–Crippen MR) is 96.7 cm³/mol. The van der Waals surface area contributed by atoms with Gasteiger partial charge in [0.15, 0.2) is 0 Å². The number of thiophene rings is 1. The highest BCUT2D eigenvalue weighted by molar-refractivity contribution is 7.12. The van der Waals surface area contributed by atoms with Crippen LogP contribution in [0.25, 0.3) is 0 Å². The molecule has 1 N–H and O–H groups in total. The van der Waals surface area contributed by atoms with E-state index in [2.05, 4.69) is 30.7 Å². The van der Waals surface area contributed by atoms with Gasteiger partial charge in [-0.1, -0.05) is 26.0 Å². The van der Waals surface area contributed by atoms with Crippen LogP contribution in [0, 0.1) is 0 Å². The number of carbonyl (C=O) groups is 1. The first kappa shape index (κ1) is 17.0. The Bertz CT molecular complexity index is 749. The van der Waals surface area contributed by atoms with Crippen molar-refractivity contribution in [3.63, 3.8) is 0 Å². The first-order chi connectivity index (χ1) is 11.6. The van der Waals surface area contributed by atoms with E-state index < -0.39 is 11.4 Å². The molecule has 2 aromatic rings. The lowest BCUT2D eigenvalue weighted by molar-refractivity contribution is -0.143. The maximum atomic E-state index is 11.8. The normalized spacial score (nSPS) is 15.9. The molecule has 0 bridgehead atoms. The second-order valence-corrected chi connectivity index (χ2v) is 7.58. The van der Waals surface area contributed by atoms with E-state index in [4.69, 9.17) is 4.98 Å². The lowest BCUT2D eigenvalue weighted by atomic mass is 9.84. The molecule has 0 saturated carbocycles. The summed E-state index contributed by atoms with van der Waals surface area (Å²) in [5.74, 6) is 0.406. The first-order valence-corrected chi connectivity index (χ1v) is 9.43. The lowest BCUT2D eigenvalue weighted by Crippen LogP contribution is -2.31. The Morgan fingerprint density at radius 1 is 1.33 bits per heavy atom. The fraction of sp³-hybridized carbons (Fsp3) is 0.474. The Balaban J connectivity index is 1.84. The van der Waals surface area contributed by atoms with Crippen molar-refractivity contribution < 1.29 is 9.90 Å². The zero-order valence-electron chi connectivity index (χ0n) is 14.3. The molecular weight excluding hydrogens is 320 g/mol. The number of imidazole rings is 1. The highest BCUT2D eigenvalue weighted by atomic mass is 32.1. The summed E-state index contributed by atoms with van der Waals surface area (Å²) in [6.07, 6.45) is 10.3. The van der Waals surface area contributed by atoms with Crippen LogP contribution in [0.3, 0.4) is 0 Å². The number of hydrogen-bond acceptors (Lipinski definition) is 3. The van der Waals surface area contributed by atoms with Gasteiger partial charge in [-0.3, -0.25) is 4.79 Å². The molecule has 0 saturated heterocycles. The Hall–Kier alpha value is -1.88. The van der Waals surface area contributed by atoms with Crippen molar-refractivity contribution >= 4 is 17.3 Å². The van der Waals surface area contributed by atoms with Gasteiger partial charge in [0.25, 0.3) is 0 Å². The molecule has 0 unspecified atom stereocenters. The molecule has 0 spiro atoms. The minimum absolute atomic E-state index is 0.592. The van der Waals surface area contributed by atoms with Gasteiger partial charge in [0.2, 0.25) is 0 Å². The molecule has 5 heteroatoms. The van der Waals surface area contributed by atoms with Crippen LogP contribution in [-0.4, -0.2) is 20.6 Å². The van der Waals surface area contributed by atoms with Crippen LogP contribution in [0.4, 0.5) is 0 Å². The number of aliphatic carboxylic acids is 1. The number of rotatable bonds is 7. The van der Waals surface area contributed by atoms with Gasteiger partial charge in [0.05, 0.1) is 12.2 Å². The SMILES string of the molecule is CCCc1nc(CC)cn1Cc1ccc(C2(C(=O)O)CC=CC2)s1. The van der Waals surface area contributed by atoms with E-state index in [-0.39, 0.29) is 0 Å². The Morgan fingerprint density at radius 2 is 2.08 bits per heavy atom. The highest BCUT2D eigenvalue weighted by Gasteiger charge is 2.42. The smallest absolute Gasteiger partial charge is 0.315 e. The largest absolute Gasteiger partial charge is 0.481 e. The highest BCUT2D eigenvalue weighted by Crippen LogP contribution is 2.41. The zero-order chi connectivity index (χ0) is 17.2. The van der Waals surface area contributed by atoms with Gasteiger partial charge in [-0.05, 0) is 37.8 Å². The Kier molecular flexibility index (Phi) is 4.90. The number of aromatic nitrogens is 2. The molecule has 0 radical (unpaired) electrons. The van der Waals surface area contributed by atoms with Crippen molar-refractivity contribution in [3.8, 4) is 0 Å². The van der Waals surface area contributed by atoms with E-state index in [1.54, 1.807) is 11.3 Å². The van der Waals surface area contributed by atoms with Gasteiger partial charge in [-0.2, -0.15) is 0 Å². The van der Waals surface area contributed by atoms with E-state index in [0.29, 0.717) is 12.8 Å². The van der Waals surface area contributed by atoms with Crippen molar-refractivity contribution in [1.29, 1.82) is 0 Å². The van der Waals surface area contributed by atoms with E-state index in [1.807, 2.05) is 18.2 Å². The van der Waals surface area contributed by atoms with Gasteiger partial charge >= 0.3 is 5.97 Å². The van der Waals surface area contributed by atoms with Gasteiger partial charge in [-0.25, -0.2) is 4.98 Å². The first-order valence-electron chi connectivity index (χ1n) is 8.61. The number of carboxylic acids is 1. The number of aryl methyl sites for hydroxylation is 2. The monoisotopic (exact) mass is 344 g/mol. The van der Waals surface area contributed by atoms with Crippen LogP contribution in [0.1, 0.15) is 54.4 Å². The van der Waals surface area contributed by atoms with Crippen molar-refractivity contribution in [1.82, 2.24) is 9.55 Å². The fourth-order valence-corrected chi connectivity index (χ4v) is 4.47. The van der Waals surface area contributed by atoms with Crippen LogP contribution in [0.15, 0.2) is 30.5 Å². The Morgan fingerprint density at radius 3 is 2.71 bits per heavy atom. The summed E-state index contributed by atoms with van der Waals surface area (Å²) in [6.45, 7) is 5.06. The molecule has 0 aromatic carbocycles. The molecule has 0 amide bonds. The van der Waals surface area contributed by atoms with Crippen molar-refractivity contribution in [2.75, 3.05) is 0 Å². The fourth-order valence-electron chi connectivity index (χ4n) is 3.27. The van der Waals surface area contributed by atoms with Gasteiger partial charge < -0.3 is 9.67 Å². The number of hydrogen-bond donors (Lipinski definition) is 1. The van der Waals surface area contributed by atoms with Crippen LogP contribution in [0.5, 0.6) is 0 Å². The molecule has 4 nitrogen and oxygen atoms in total. The molecule has 0 aliphatic heterocycles. The third kappa shape index (κ3) is 3.05. The topological polar surface area (TPSA) is 55.1 Å². The number of allylic oxidation sites excluding steroid dienone is 2. The third-order valence-electron chi connectivity index (χ3n) is 4.71. The molecule has 2 aromatic heterocycles. The maximum Gasteiger partial charge on any atom is 0.315 e. The second-order valence-electron chi connectivity index (χ2n) is 6.41. The zero-order valence-corrected chi connectivity index (χ0v) is 15.1. The van der Waals surface area contributed by atoms with E-state index in [9.17, 15) is 9.90 Å². The van der Waals surface area contributed by atoms with Crippen molar-refractivity contribution in [2.24, 2.45) is 0 Å². The Labute approximate surface area is 146 Å². The summed E-state index contributed by atoms with van der Waals surface area (Å²) in [5, 5.41) is 9.72. The molecule has 128 valence electrons. The maximum absolute atomic E-state index is 11.8. The van der Waals surface area contributed by atoms with E-state index in [0.717, 1.165) is 42.2 Å². The van der Waals surface area contributed by atoms with Gasteiger partial charge in [0.1, 0.15) is 11.2 Å². The van der Waals surface area contributed by atoms with Crippen molar-refractivity contribution in [3.05, 3.63) is 51.8 Å². The predicted octanol–water partition coefficient (Wildman–Crippen LogP) is 4.18. The molecule has 0 atom stereocenters. The molecule has 2 heterocycles. The summed E-state index contributed by atoms with van der Waals surface area (Å²) in [6, 6.07) is 4.07. The lowest BCUT2D eigenvalue weighted by Gasteiger charge is -2.22. The minimum Gasteiger partial charge on any atom is -0.481 e. The van der Waals surface area contributed by atoms with Crippen LogP contribution >= 0.6 is 11.3 Å². The summed E-state index contributed by atoms with van der Waals surface area (Å²) in [4.78, 5) is 18.7. The second kappa shape index (κ2) is 6.93. The summed E-state index contributed by atoms with van der Waals surface area (Å²) in [7, 11) is 0. The quantitative estimate of drug-likeness (QED) is 0.767. The minimum atomic E-state index is -0.751. The molecule has 3 rings (SSSR count). The van der Waals surface area contributed by atoms with Crippen LogP contribution < -0.4 is 0 Å². The molecule has 1 aliphatic carbocycles. The van der Waals surface area contributed by atoms with E-state index in [1.165, 1.54) is 4.88 Å². The molecule has 24 heavy (non-hydrogen) atoms. The number of nitrogens with zero attached hydrogens (tertiary/aromatic N) is 2. The van der Waals surface area contributed by atoms with E-state index >= 15 is 0 Å². The van der Waals surface area contributed by atoms with Gasteiger partial charge in [-0.15, -0.1) is 11.3 Å².